The van der Waals surface area contributed by atoms with Crippen molar-refractivity contribution in [3.05, 3.63) is 58.6 Å². The lowest BCUT2D eigenvalue weighted by molar-refractivity contribution is -0.122. The van der Waals surface area contributed by atoms with E-state index >= 15 is 0 Å². The van der Waals surface area contributed by atoms with Crippen LogP contribution in [0.4, 0.5) is 5.69 Å². The number of hydrogen-bond donors (Lipinski definition) is 1. The first-order chi connectivity index (χ1) is 13.7. The summed E-state index contributed by atoms with van der Waals surface area (Å²) < 4.78 is 10.9. The van der Waals surface area contributed by atoms with Crippen molar-refractivity contribution in [3.63, 3.8) is 0 Å². The highest BCUT2D eigenvalue weighted by Gasteiger charge is 2.21. The summed E-state index contributed by atoms with van der Waals surface area (Å²) in [6.07, 6.45) is -0.178. The summed E-state index contributed by atoms with van der Waals surface area (Å²) in [5.74, 6) is -0.205. The fourth-order valence-corrected chi connectivity index (χ4v) is 2.91. The second-order valence-corrected chi connectivity index (χ2v) is 8.10. The fraction of sp³-hybridized carbons (Fsp3) is 0.391. The molecule has 29 heavy (non-hydrogen) atoms. The molecule has 0 aromatic heterocycles. The Bertz CT molecular complexity index is 856. The predicted molar refractivity (Wildman–Crippen MR) is 116 cm³/mol. The molecule has 0 radical (unpaired) electrons. The fourth-order valence-electron chi connectivity index (χ4n) is 2.71. The number of benzene rings is 2. The molecule has 1 N–H and O–H groups in total. The van der Waals surface area contributed by atoms with Crippen LogP contribution in [0.3, 0.4) is 0 Å². The van der Waals surface area contributed by atoms with Crippen LogP contribution in [0.1, 0.15) is 57.0 Å². The average molecular weight is 418 g/mol. The third kappa shape index (κ3) is 6.23. The second-order valence-electron chi connectivity index (χ2n) is 7.69. The topological polar surface area (TPSA) is 64.6 Å². The third-order valence-corrected chi connectivity index (χ3v) is 4.72. The zero-order chi connectivity index (χ0) is 21.6. The van der Waals surface area contributed by atoms with Gasteiger partial charge in [0.2, 0.25) is 0 Å². The Morgan fingerprint density at radius 1 is 1.07 bits per heavy atom. The third-order valence-electron chi connectivity index (χ3n) is 4.39. The van der Waals surface area contributed by atoms with Gasteiger partial charge in [0.25, 0.3) is 5.91 Å². The first-order valence-electron chi connectivity index (χ1n) is 9.70. The number of amides is 1. The normalized spacial score (nSPS) is 12.2. The molecule has 0 fully saturated rings. The molecule has 0 spiro atoms. The predicted octanol–water partition coefficient (Wildman–Crippen LogP) is 5.61. The molecule has 0 bridgehead atoms. The van der Waals surface area contributed by atoms with Crippen molar-refractivity contribution in [3.8, 4) is 5.75 Å². The molecule has 1 atom stereocenters. The van der Waals surface area contributed by atoms with Gasteiger partial charge in [-0.3, -0.25) is 4.79 Å². The van der Waals surface area contributed by atoms with E-state index in [-0.39, 0.29) is 28.5 Å². The molecular formula is C23H28ClNO4. The highest BCUT2D eigenvalue weighted by molar-refractivity contribution is 6.33. The van der Waals surface area contributed by atoms with Gasteiger partial charge in [0.05, 0.1) is 17.2 Å². The quantitative estimate of drug-likeness (QED) is 0.594. The van der Waals surface area contributed by atoms with Crippen molar-refractivity contribution >= 4 is 29.2 Å². The van der Waals surface area contributed by atoms with Gasteiger partial charge in [0, 0.05) is 5.69 Å². The molecule has 2 aromatic rings. The van der Waals surface area contributed by atoms with Crippen LogP contribution in [0.2, 0.25) is 5.02 Å². The summed E-state index contributed by atoms with van der Waals surface area (Å²) in [6, 6.07) is 12.4. The summed E-state index contributed by atoms with van der Waals surface area (Å²) in [5, 5.41) is 3.05. The second kappa shape index (κ2) is 9.79. The molecule has 1 amide bonds. The van der Waals surface area contributed by atoms with Gasteiger partial charge in [-0.15, -0.1) is 0 Å². The lowest BCUT2D eigenvalue weighted by Gasteiger charge is -2.21. The van der Waals surface area contributed by atoms with Crippen LogP contribution < -0.4 is 10.1 Å². The van der Waals surface area contributed by atoms with Crippen LogP contribution in [-0.2, 0) is 14.9 Å². The van der Waals surface area contributed by atoms with E-state index in [1.54, 1.807) is 19.1 Å². The zero-order valence-electron chi connectivity index (χ0n) is 17.5. The van der Waals surface area contributed by atoms with Gasteiger partial charge in [-0.1, -0.05) is 51.4 Å². The number of carbonyl (C=O) groups is 2. The van der Waals surface area contributed by atoms with Crippen molar-refractivity contribution in [2.45, 2.75) is 52.6 Å². The smallest absolute Gasteiger partial charge is 0.339 e. The maximum absolute atomic E-state index is 12.7. The van der Waals surface area contributed by atoms with Crippen LogP contribution in [-0.4, -0.2) is 24.6 Å². The molecule has 2 aromatic carbocycles. The summed E-state index contributed by atoms with van der Waals surface area (Å²) in [4.78, 5) is 24.7. The van der Waals surface area contributed by atoms with Gasteiger partial charge in [-0.05, 0) is 54.7 Å². The van der Waals surface area contributed by atoms with E-state index in [4.69, 9.17) is 21.1 Å². The molecule has 6 heteroatoms. The van der Waals surface area contributed by atoms with Crippen molar-refractivity contribution in [2.24, 2.45) is 0 Å². The highest BCUT2D eigenvalue weighted by atomic mass is 35.5. The van der Waals surface area contributed by atoms with Gasteiger partial charge < -0.3 is 14.8 Å². The molecule has 5 nitrogen and oxygen atoms in total. The molecule has 1 unspecified atom stereocenters. The SMILES string of the molecule is CCOC(=O)c1cc(NC(=O)C(CC)Oc2ccc(C(C)(C)C)cc2)ccc1Cl. The molecule has 0 saturated carbocycles. The van der Waals surface area contributed by atoms with E-state index in [0.29, 0.717) is 17.9 Å². The lowest BCUT2D eigenvalue weighted by atomic mass is 9.87. The Kier molecular flexibility index (Phi) is 7.68. The zero-order valence-corrected chi connectivity index (χ0v) is 18.3. The summed E-state index contributed by atoms with van der Waals surface area (Å²) in [6.45, 7) is 10.3. The maximum Gasteiger partial charge on any atom is 0.339 e. The number of esters is 1. The van der Waals surface area contributed by atoms with Crippen molar-refractivity contribution < 1.29 is 19.1 Å². The number of nitrogens with one attached hydrogen (secondary N) is 1. The van der Waals surface area contributed by atoms with Crippen LogP contribution in [0.15, 0.2) is 42.5 Å². The van der Waals surface area contributed by atoms with Crippen LogP contribution in [0.5, 0.6) is 5.75 Å². The number of halogens is 1. The van der Waals surface area contributed by atoms with Crippen LogP contribution in [0.25, 0.3) is 0 Å². The Morgan fingerprint density at radius 2 is 1.72 bits per heavy atom. The molecule has 0 aliphatic carbocycles. The molecule has 0 saturated heterocycles. The Labute approximate surface area is 177 Å². The van der Waals surface area contributed by atoms with Gasteiger partial charge in [0.1, 0.15) is 5.75 Å². The highest BCUT2D eigenvalue weighted by Crippen LogP contribution is 2.25. The van der Waals surface area contributed by atoms with E-state index in [0.717, 1.165) is 0 Å². The number of rotatable bonds is 7. The first-order valence-corrected chi connectivity index (χ1v) is 10.1. The minimum atomic E-state index is -0.669. The monoisotopic (exact) mass is 417 g/mol. The lowest BCUT2D eigenvalue weighted by Crippen LogP contribution is -2.32. The van der Waals surface area contributed by atoms with Crippen LogP contribution >= 0.6 is 11.6 Å². The van der Waals surface area contributed by atoms with E-state index in [1.165, 1.54) is 11.6 Å². The average Bonchev–Trinajstić information content (AvgIpc) is 2.67. The number of carbonyl (C=O) groups excluding carboxylic acids is 2. The molecular weight excluding hydrogens is 390 g/mol. The minimum absolute atomic E-state index is 0.0469. The minimum Gasteiger partial charge on any atom is -0.481 e. The van der Waals surface area contributed by atoms with Gasteiger partial charge >= 0.3 is 5.97 Å². The van der Waals surface area contributed by atoms with Gasteiger partial charge in [-0.2, -0.15) is 0 Å². The number of hydrogen-bond acceptors (Lipinski definition) is 4. The Balaban J connectivity index is 2.10. The largest absolute Gasteiger partial charge is 0.481 e. The standard InChI is InChI=1S/C23H28ClNO4/c1-6-20(29-17-11-8-15(9-12-17)23(3,4)5)21(26)25-16-10-13-19(24)18(14-16)22(27)28-7-2/h8-14,20H,6-7H2,1-5H3,(H,25,26). The van der Waals surface area contributed by atoms with Crippen molar-refractivity contribution in [2.75, 3.05) is 11.9 Å². The van der Waals surface area contributed by atoms with Crippen molar-refractivity contribution in [1.82, 2.24) is 0 Å². The van der Waals surface area contributed by atoms with E-state index in [1.807, 2.05) is 31.2 Å². The Hall–Kier alpha value is -2.53. The summed E-state index contributed by atoms with van der Waals surface area (Å²) in [7, 11) is 0. The molecule has 0 aliphatic heterocycles. The van der Waals surface area contributed by atoms with Gasteiger partial charge in [-0.25, -0.2) is 4.79 Å². The number of anilines is 1. The summed E-state index contributed by atoms with van der Waals surface area (Å²) >= 11 is 6.07. The van der Waals surface area contributed by atoms with E-state index < -0.39 is 12.1 Å². The maximum atomic E-state index is 12.7. The molecule has 0 heterocycles. The van der Waals surface area contributed by atoms with Crippen LogP contribution in [0, 0.1) is 0 Å². The Morgan fingerprint density at radius 3 is 2.28 bits per heavy atom. The van der Waals surface area contributed by atoms with E-state index in [9.17, 15) is 9.59 Å². The molecule has 156 valence electrons. The first kappa shape index (κ1) is 22.8. The van der Waals surface area contributed by atoms with Crippen molar-refractivity contribution in [1.29, 1.82) is 0 Å². The molecule has 2 rings (SSSR count). The molecule has 0 aliphatic rings. The number of ether oxygens (including phenoxy) is 2. The van der Waals surface area contributed by atoms with E-state index in [2.05, 4.69) is 26.1 Å². The van der Waals surface area contributed by atoms with Gasteiger partial charge in [0.15, 0.2) is 6.10 Å². The summed E-state index contributed by atoms with van der Waals surface area (Å²) in [5.41, 5.74) is 1.89.